The molecule has 0 aliphatic rings. The molecule has 0 amide bonds. The molecule has 0 aliphatic heterocycles. The summed E-state index contributed by atoms with van der Waals surface area (Å²) in [5.74, 6) is -0.297. The molecule has 0 saturated carbocycles. The van der Waals surface area contributed by atoms with Gasteiger partial charge in [-0.2, -0.15) is 0 Å². The Morgan fingerprint density at radius 1 is 1.16 bits per heavy atom. The predicted octanol–water partition coefficient (Wildman–Crippen LogP) is 5.30. The number of halogens is 1. The average Bonchev–Trinajstić information content (AvgIpc) is 2.59. The first-order valence-electron chi connectivity index (χ1n) is 7.89. The summed E-state index contributed by atoms with van der Waals surface area (Å²) in [6, 6.07) is 10.0. The monoisotopic (exact) mass is 357 g/mol. The van der Waals surface area contributed by atoms with E-state index >= 15 is 0 Å². The lowest BCUT2D eigenvalue weighted by Crippen LogP contribution is -1.94. The van der Waals surface area contributed by atoms with E-state index in [-0.39, 0.29) is 18.1 Å². The molecule has 0 saturated heterocycles. The lowest BCUT2D eigenvalue weighted by atomic mass is 10.0. The van der Waals surface area contributed by atoms with E-state index in [1.807, 2.05) is 18.2 Å². The van der Waals surface area contributed by atoms with Crippen molar-refractivity contribution in [3.05, 3.63) is 85.5 Å². The SMILES string of the molecule is C=CCC(=CCP(=O)(O)CC=C)c1ccc(-c2cccc(F)c2)cn1. The van der Waals surface area contributed by atoms with Crippen LogP contribution in [0.2, 0.25) is 0 Å². The van der Waals surface area contributed by atoms with E-state index in [0.29, 0.717) is 12.1 Å². The third-order valence-corrected chi connectivity index (χ3v) is 5.23. The molecule has 1 N–H and O–H groups in total. The molecule has 0 fully saturated rings. The van der Waals surface area contributed by atoms with Crippen LogP contribution in [0.25, 0.3) is 16.7 Å². The fraction of sp³-hybridized carbons (Fsp3) is 0.150. The van der Waals surface area contributed by atoms with Crippen LogP contribution in [0.5, 0.6) is 0 Å². The van der Waals surface area contributed by atoms with Crippen molar-refractivity contribution in [2.45, 2.75) is 6.42 Å². The molecule has 130 valence electrons. The van der Waals surface area contributed by atoms with Gasteiger partial charge in [0.25, 0.3) is 0 Å². The Balaban J connectivity index is 2.25. The number of rotatable bonds is 8. The first kappa shape index (κ1) is 19.0. The van der Waals surface area contributed by atoms with E-state index in [4.69, 9.17) is 0 Å². The highest BCUT2D eigenvalue weighted by Crippen LogP contribution is 2.41. The topological polar surface area (TPSA) is 50.2 Å². The van der Waals surface area contributed by atoms with E-state index < -0.39 is 7.37 Å². The van der Waals surface area contributed by atoms with Crippen molar-refractivity contribution in [2.75, 3.05) is 12.3 Å². The smallest absolute Gasteiger partial charge is 0.207 e. The molecule has 0 spiro atoms. The fourth-order valence-corrected chi connectivity index (χ4v) is 3.46. The Kier molecular flexibility index (Phi) is 6.63. The summed E-state index contributed by atoms with van der Waals surface area (Å²) in [4.78, 5) is 14.3. The van der Waals surface area contributed by atoms with Crippen molar-refractivity contribution in [2.24, 2.45) is 0 Å². The third-order valence-electron chi connectivity index (χ3n) is 3.65. The standard InChI is InChI=1S/C20H21FNO2P/c1-3-6-16(11-13-25(23,24)12-4-2)20-10-9-18(15-22-20)17-7-5-8-19(21)14-17/h3-5,7-11,14-15H,1-2,6,12-13H2,(H,23,24). The van der Waals surface area contributed by atoms with Gasteiger partial charge in [0.2, 0.25) is 7.37 Å². The van der Waals surface area contributed by atoms with Crippen LogP contribution in [0.15, 0.2) is 74.0 Å². The molecule has 0 radical (unpaired) electrons. The van der Waals surface area contributed by atoms with Crippen molar-refractivity contribution in [1.82, 2.24) is 4.98 Å². The molecule has 0 aliphatic carbocycles. The Morgan fingerprint density at radius 2 is 1.96 bits per heavy atom. The third kappa shape index (κ3) is 5.63. The lowest BCUT2D eigenvalue weighted by Gasteiger charge is -2.09. The van der Waals surface area contributed by atoms with E-state index in [1.54, 1.807) is 24.4 Å². The van der Waals surface area contributed by atoms with Gasteiger partial charge in [-0.05, 0) is 35.8 Å². The van der Waals surface area contributed by atoms with Crippen molar-refractivity contribution in [3.63, 3.8) is 0 Å². The van der Waals surface area contributed by atoms with Gasteiger partial charge in [-0.15, -0.1) is 13.2 Å². The molecule has 1 aromatic heterocycles. The maximum atomic E-state index is 13.3. The predicted molar refractivity (Wildman–Crippen MR) is 102 cm³/mol. The number of hydrogen-bond acceptors (Lipinski definition) is 2. The van der Waals surface area contributed by atoms with E-state index in [2.05, 4.69) is 18.1 Å². The minimum Gasteiger partial charge on any atom is -0.344 e. The molecule has 2 rings (SSSR count). The first-order valence-corrected chi connectivity index (χ1v) is 9.92. The number of benzene rings is 1. The Morgan fingerprint density at radius 3 is 2.56 bits per heavy atom. The van der Waals surface area contributed by atoms with Crippen LogP contribution in [-0.2, 0) is 4.57 Å². The summed E-state index contributed by atoms with van der Waals surface area (Å²) in [5, 5.41) is 0. The van der Waals surface area contributed by atoms with Gasteiger partial charge in [-0.1, -0.05) is 36.4 Å². The van der Waals surface area contributed by atoms with Gasteiger partial charge in [-0.3, -0.25) is 9.55 Å². The maximum absolute atomic E-state index is 13.3. The minimum absolute atomic E-state index is 0.0650. The summed E-state index contributed by atoms with van der Waals surface area (Å²) in [7, 11) is -3.25. The highest BCUT2D eigenvalue weighted by Gasteiger charge is 2.14. The summed E-state index contributed by atoms with van der Waals surface area (Å²) < 4.78 is 25.3. The zero-order valence-corrected chi connectivity index (χ0v) is 14.8. The highest BCUT2D eigenvalue weighted by atomic mass is 31.2. The van der Waals surface area contributed by atoms with Gasteiger partial charge < -0.3 is 4.89 Å². The van der Waals surface area contributed by atoms with Gasteiger partial charge in [0.1, 0.15) is 5.82 Å². The maximum Gasteiger partial charge on any atom is 0.207 e. The summed E-state index contributed by atoms with van der Waals surface area (Å²) in [6.45, 7) is 7.23. The average molecular weight is 357 g/mol. The van der Waals surface area contributed by atoms with Crippen LogP contribution < -0.4 is 0 Å². The molecule has 1 heterocycles. The normalized spacial score (nSPS) is 13.9. The van der Waals surface area contributed by atoms with Crippen molar-refractivity contribution in [1.29, 1.82) is 0 Å². The second-order valence-corrected chi connectivity index (χ2v) is 8.09. The van der Waals surface area contributed by atoms with E-state index in [9.17, 15) is 13.8 Å². The molecule has 5 heteroatoms. The molecule has 1 atom stereocenters. The Labute approximate surface area is 147 Å². The number of nitrogens with zero attached hydrogens (tertiary/aromatic N) is 1. The molecule has 1 aromatic carbocycles. The van der Waals surface area contributed by atoms with Gasteiger partial charge in [0.15, 0.2) is 0 Å². The molecule has 1 unspecified atom stereocenters. The summed E-state index contributed by atoms with van der Waals surface area (Å²) >= 11 is 0. The van der Waals surface area contributed by atoms with Crippen LogP contribution >= 0.6 is 7.37 Å². The molecule has 3 nitrogen and oxygen atoms in total. The first-order chi connectivity index (χ1) is 11.9. The minimum atomic E-state index is -3.25. The molecular formula is C20H21FNO2P. The molecular weight excluding hydrogens is 336 g/mol. The Bertz CT molecular complexity index is 828. The number of pyridine rings is 1. The van der Waals surface area contributed by atoms with Crippen LogP contribution in [-0.4, -0.2) is 22.2 Å². The number of hydrogen-bond donors (Lipinski definition) is 1. The second kappa shape index (κ2) is 8.70. The molecule has 2 aromatic rings. The summed E-state index contributed by atoms with van der Waals surface area (Å²) in [5.41, 5.74) is 3.10. The van der Waals surface area contributed by atoms with E-state index in [1.165, 1.54) is 18.2 Å². The Hall–Kier alpha value is -2.29. The van der Waals surface area contributed by atoms with Gasteiger partial charge in [0.05, 0.1) is 5.69 Å². The van der Waals surface area contributed by atoms with Crippen LogP contribution in [0.1, 0.15) is 12.1 Å². The zero-order valence-electron chi connectivity index (χ0n) is 13.9. The molecule has 25 heavy (non-hydrogen) atoms. The van der Waals surface area contributed by atoms with Gasteiger partial charge >= 0.3 is 0 Å². The van der Waals surface area contributed by atoms with Crippen molar-refractivity contribution >= 4 is 12.9 Å². The van der Waals surface area contributed by atoms with Crippen molar-refractivity contribution in [3.8, 4) is 11.1 Å². The summed E-state index contributed by atoms with van der Waals surface area (Å²) in [6.07, 6.45) is 7.27. The van der Waals surface area contributed by atoms with Crippen molar-refractivity contribution < 1.29 is 13.8 Å². The number of aromatic nitrogens is 1. The fourth-order valence-electron chi connectivity index (χ4n) is 2.40. The van der Waals surface area contributed by atoms with E-state index in [0.717, 1.165) is 16.7 Å². The van der Waals surface area contributed by atoms with Crippen LogP contribution in [0.3, 0.4) is 0 Å². The lowest BCUT2D eigenvalue weighted by molar-refractivity contribution is 0.485. The van der Waals surface area contributed by atoms with Gasteiger partial charge in [0, 0.05) is 24.1 Å². The largest absolute Gasteiger partial charge is 0.344 e. The zero-order chi connectivity index (χ0) is 18.3. The number of allylic oxidation sites excluding steroid dienone is 4. The quantitative estimate of drug-likeness (QED) is 0.515. The van der Waals surface area contributed by atoms with Crippen LogP contribution in [0, 0.1) is 5.82 Å². The second-order valence-electron chi connectivity index (χ2n) is 5.66. The van der Waals surface area contributed by atoms with Crippen LogP contribution in [0.4, 0.5) is 4.39 Å². The van der Waals surface area contributed by atoms with Gasteiger partial charge in [-0.25, -0.2) is 4.39 Å². The highest BCUT2D eigenvalue weighted by molar-refractivity contribution is 7.58. The molecule has 0 bridgehead atoms.